The second-order valence-corrected chi connectivity index (χ2v) is 3.43. The molecule has 2 aromatic rings. The lowest BCUT2D eigenvalue weighted by molar-refractivity contribution is 0.0691. The van der Waals surface area contributed by atoms with E-state index in [-0.39, 0.29) is 11.1 Å². The fourth-order valence-electron chi connectivity index (χ4n) is 1.78. The molecule has 2 rings (SSSR count). The van der Waals surface area contributed by atoms with Gasteiger partial charge in [-0.3, -0.25) is 0 Å². The highest BCUT2D eigenvalue weighted by Crippen LogP contribution is 2.31. The molecule has 0 unspecified atom stereocenters. The van der Waals surface area contributed by atoms with E-state index in [2.05, 4.69) is 4.98 Å². The Bertz CT molecular complexity index is 574. The quantitative estimate of drug-likeness (QED) is 0.821. The number of ether oxygens (including phenoxy) is 1. The van der Waals surface area contributed by atoms with Crippen molar-refractivity contribution in [1.82, 2.24) is 4.98 Å². The molecule has 0 atom stereocenters. The molecule has 16 heavy (non-hydrogen) atoms. The minimum atomic E-state index is -1.12. The third-order valence-corrected chi connectivity index (χ3v) is 2.55. The molecular formula is C11H10FNO3. The van der Waals surface area contributed by atoms with Crippen LogP contribution in [0.25, 0.3) is 10.9 Å². The van der Waals surface area contributed by atoms with Gasteiger partial charge in [-0.2, -0.15) is 0 Å². The standard InChI is InChI=1S/C11H10FNO3/c1-5-8-6(12)3-4-7(16-2)10(8)13-9(5)11(14)15/h3-4,13H,1-2H3,(H,14,15). The Balaban J connectivity index is 2.89. The molecule has 0 aliphatic heterocycles. The third-order valence-electron chi connectivity index (χ3n) is 2.55. The van der Waals surface area contributed by atoms with E-state index in [9.17, 15) is 9.18 Å². The molecule has 0 amide bonds. The van der Waals surface area contributed by atoms with Gasteiger partial charge < -0.3 is 14.8 Å². The van der Waals surface area contributed by atoms with Crippen molar-refractivity contribution in [2.45, 2.75) is 6.92 Å². The van der Waals surface area contributed by atoms with Crippen molar-refractivity contribution in [1.29, 1.82) is 0 Å². The third kappa shape index (κ3) is 1.32. The maximum absolute atomic E-state index is 13.6. The minimum absolute atomic E-state index is 0.0154. The fraction of sp³-hybridized carbons (Fsp3) is 0.182. The van der Waals surface area contributed by atoms with Crippen molar-refractivity contribution in [3.8, 4) is 5.75 Å². The van der Waals surface area contributed by atoms with E-state index in [0.29, 0.717) is 16.8 Å². The molecule has 0 radical (unpaired) electrons. The molecule has 0 spiro atoms. The van der Waals surface area contributed by atoms with Gasteiger partial charge in [-0.05, 0) is 24.6 Å². The van der Waals surface area contributed by atoms with Crippen molar-refractivity contribution in [3.63, 3.8) is 0 Å². The molecule has 0 aliphatic carbocycles. The first-order chi connectivity index (χ1) is 7.56. The number of fused-ring (bicyclic) bond motifs is 1. The van der Waals surface area contributed by atoms with Crippen LogP contribution >= 0.6 is 0 Å². The van der Waals surface area contributed by atoms with Gasteiger partial charge in [0.15, 0.2) is 0 Å². The molecule has 0 saturated carbocycles. The van der Waals surface area contributed by atoms with Gasteiger partial charge in [0.1, 0.15) is 17.3 Å². The molecule has 2 N–H and O–H groups in total. The lowest BCUT2D eigenvalue weighted by Crippen LogP contribution is -1.98. The number of aryl methyl sites for hydroxylation is 1. The Labute approximate surface area is 90.7 Å². The number of hydrogen-bond donors (Lipinski definition) is 2. The van der Waals surface area contributed by atoms with E-state index in [1.165, 1.54) is 19.2 Å². The average molecular weight is 223 g/mol. The number of carboxylic acid groups (broad SMARTS) is 1. The highest BCUT2D eigenvalue weighted by molar-refractivity contribution is 5.99. The van der Waals surface area contributed by atoms with Crippen LogP contribution in [-0.2, 0) is 0 Å². The smallest absolute Gasteiger partial charge is 0.352 e. The van der Waals surface area contributed by atoms with E-state index >= 15 is 0 Å². The topological polar surface area (TPSA) is 62.3 Å². The predicted octanol–water partition coefficient (Wildman–Crippen LogP) is 2.32. The van der Waals surface area contributed by atoms with Crippen LogP contribution in [0.15, 0.2) is 12.1 Å². The summed E-state index contributed by atoms with van der Waals surface area (Å²) < 4.78 is 18.6. The molecular weight excluding hydrogens is 213 g/mol. The van der Waals surface area contributed by atoms with Crippen LogP contribution in [0.3, 0.4) is 0 Å². The van der Waals surface area contributed by atoms with Gasteiger partial charge in [-0.1, -0.05) is 0 Å². The molecule has 1 aromatic carbocycles. The number of aromatic carboxylic acids is 1. The van der Waals surface area contributed by atoms with Crippen LogP contribution in [0.2, 0.25) is 0 Å². The zero-order valence-electron chi connectivity index (χ0n) is 8.80. The molecule has 0 saturated heterocycles. The van der Waals surface area contributed by atoms with Crippen LogP contribution < -0.4 is 4.74 Å². The lowest BCUT2D eigenvalue weighted by Gasteiger charge is -2.01. The number of H-pyrrole nitrogens is 1. The van der Waals surface area contributed by atoms with Gasteiger partial charge >= 0.3 is 5.97 Å². The van der Waals surface area contributed by atoms with Gasteiger partial charge in [-0.25, -0.2) is 9.18 Å². The normalized spacial score (nSPS) is 10.7. The summed E-state index contributed by atoms with van der Waals surface area (Å²) in [5, 5.41) is 9.19. The number of halogens is 1. The van der Waals surface area contributed by atoms with Crippen molar-refractivity contribution >= 4 is 16.9 Å². The summed E-state index contributed by atoms with van der Waals surface area (Å²) in [6.07, 6.45) is 0. The largest absolute Gasteiger partial charge is 0.495 e. The monoisotopic (exact) mass is 223 g/mol. The van der Waals surface area contributed by atoms with Gasteiger partial charge in [-0.15, -0.1) is 0 Å². The van der Waals surface area contributed by atoms with Crippen LogP contribution in [0.4, 0.5) is 4.39 Å². The van der Waals surface area contributed by atoms with Gasteiger partial charge in [0.2, 0.25) is 0 Å². The molecule has 1 aromatic heterocycles. The summed E-state index contributed by atoms with van der Waals surface area (Å²) in [6, 6.07) is 2.72. The van der Waals surface area contributed by atoms with Crippen molar-refractivity contribution in [2.75, 3.05) is 7.11 Å². The van der Waals surface area contributed by atoms with Crippen molar-refractivity contribution in [3.05, 3.63) is 29.2 Å². The Morgan fingerprint density at radius 1 is 1.50 bits per heavy atom. The summed E-state index contributed by atoms with van der Waals surface area (Å²) in [5.74, 6) is -1.15. The lowest BCUT2D eigenvalue weighted by atomic mass is 10.1. The number of carbonyl (C=O) groups is 1. The Kier molecular flexibility index (Phi) is 2.30. The number of aromatic amines is 1. The Morgan fingerprint density at radius 2 is 2.19 bits per heavy atom. The van der Waals surface area contributed by atoms with Crippen LogP contribution in [-0.4, -0.2) is 23.2 Å². The SMILES string of the molecule is COc1ccc(F)c2c(C)c(C(=O)O)[nH]c12. The van der Waals surface area contributed by atoms with E-state index in [1.54, 1.807) is 6.92 Å². The molecule has 1 heterocycles. The molecule has 84 valence electrons. The van der Waals surface area contributed by atoms with Gasteiger partial charge in [0.25, 0.3) is 0 Å². The fourth-order valence-corrected chi connectivity index (χ4v) is 1.78. The maximum Gasteiger partial charge on any atom is 0.352 e. The number of aromatic nitrogens is 1. The molecule has 5 heteroatoms. The number of carboxylic acids is 1. The average Bonchev–Trinajstić information content (AvgIpc) is 2.58. The number of hydrogen-bond acceptors (Lipinski definition) is 2. The van der Waals surface area contributed by atoms with Gasteiger partial charge in [0, 0.05) is 5.39 Å². The predicted molar refractivity (Wildman–Crippen MR) is 56.5 cm³/mol. The first kappa shape index (κ1) is 10.5. The zero-order chi connectivity index (χ0) is 11.9. The summed E-state index contributed by atoms with van der Waals surface area (Å²) in [4.78, 5) is 13.6. The number of nitrogens with one attached hydrogen (secondary N) is 1. The zero-order valence-corrected chi connectivity index (χ0v) is 8.80. The van der Waals surface area contributed by atoms with Crippen LogP contribution in [0.1, 0.15) is 16.1 Å². The molecule has 0 fully saturated rings. The van der Waals surface area contributed by atoms with Crippen LogP contribution in [0, 0.1) is 12.7 Å². The van der Waals surface area contributed by atoms with E-state index in [1.807, 2.05) is 0 Å². The highest BCUT2D eigenvalue weighted by Gasteiger charge is 2.18. The first-order valence-electron chi connectivity index (χ1n) is 4.64. The Hall–Kier alpha value is -2.04. The molecule has 4 nitrogen and oxygen atoms in total. The van der Waals surface area contributed by atoms with E-state index < -0.39 is 11.8 Å². The van der Waals surface area contributed by atoms with Crippen molar-refractivity contribution in [2.24, 2.45) is 0 Å². The van der Waals surface area contributed by atoms with Gasteiger partial charge in [0.05, 0.1) is 12.6 Å². The minimum Gasteiger partial charge on any atom is -0.495 e. The number of rotatable bonds is 2. The number of methoxy groups -OCH3 is 1. The summed E-state index contributed by atoms with van der Waals surface area (Å²) in [5.41, 5.74) is 0.731. The van der Waals surface area contributed by atoms with E-state index in [0.717, 1.165) is 0 Å². The second-order valence-electron chi connectivity index (χ2n) is 3.43. The molecule has 0 bridgehead atoms. The summed E-state index contributed by atoms with van der Waals surface area (Å²) >= 11 is 0. The summed E-state index contributed by atoms with van der Waals surface area (Å²) in [7, 11) is 1.45. The number of benzene rings is 1. The maximum atomic E-state index is 13.6. The molecule has 0 aliphatic rings. The van der Waals surface area contributed by atoms with Crippen molar-refractivity contribution < 1.29 is 19.0 Å². The summed E-state index contributed by atoms with van der Waals surface area (Å²) in [6.45, 7) is 1.56. The highest BCUT2D eigenvalue weighted by atomic mass is 19.1. The Morgan fingerprint density at radius 3 is 2.75 bits per heavy atom. The first-order valence-corrected chi connectivity index (χ1v) is 4.64. The van der Waals surface area contributed by atoms with Crippen LogP contribution in [0.5, 0.6) is 5.75 Å². The van der Waals surface area contributed by atoms with E-state index in [4.69, 9.17) is 9.84 Å². The second kappa shape index (κ2) is 3.52.